The molecule has 2 unspecified atom stereocenters. The van der Waals surface area contributed by atoms with Gasteiger partial charge in [-0.1, -0.05) is 6.92 Å². The molecule has 2 rings (SSSR count). The van der Waals surface area contributed by atoms with Gasteiger partial charge in [0.05, 0.1) is 0 Å². The van der Waals surface area contributed by atoms with Crippen LogP contribution in [0.2, 0.25) is 0 Å². The molecule has 0 aliphatic heterocycles. The lowest BCUT2D eigenvalue weighted by Crippen LogP contribution is -2.53. The third-order valence-electron chi connectivity index (χ3n) is 4.14. The largest absolute Gasteiger partial charge is 0.420 e. The molecule has 0 aliphatic rings. The number of rotatable bonds is 6. The van der Waals surface area contributed by atoms with E-state index in [1.165, 1.54) is 50.5 Å². The minimum atomic E-state index is -4.83. The number of aromatic nitrogens is 3. The van der Waals surface area contributed by atoms with Crippen LogP contribution < -0.4 is 10.8 Å². The number of halogens is 3. The Morgan fingerprint density at radius 2 is 1.93 bits per heavy atom. The summed E-state index contributed by atoms with van der Waals surface area (Å²) in [5.41, 5.74) is -0.978. The molecular weight excluding hydrogens is 379 g/mol. The molecular formula is C17H18F3N5O3. The molecule has 0 aromatic carbocycles. The highest BCUT2D eigenvalue weighted by Crippen LogP contribution is 2.43. The minimum absolute atomic E-state index is 0.102. The number of anilines is 1. The lowest BCUT2D eigenvalue weighted by molar-refractivity contribution is -0.291. The van der Waals surface area contributed by atoms with E-state index in [1.54, 1.807) is 5.48 Å². The van der Waals surface area contributed by atoms with E-state index in [0.717, 1.165) is 6.92 Å². The monoisotopic (exact) mass is 397 g/mol. The van der Waals surface area contributed by atoms with Crippen molar-refractivity contribution in [2.24, 2.45) is 0 Å². The fourth-order valence-electron chi connectivity index (χ4n) is 2.30. The van der Waals surface area contributed by atoms with Crippen molar-refractivity contribution >= 4 is 17.6 Å². The average Bonchev–Trinajstić information content (AvgIpc) is 2.64. The van der Waals surface area contributed by atoms with Crippen molar-refractivity contribution in [2.75, 3.05) is 5.32 Å². The summed E-state index contributed by atoms with van der Waals surface area (Å²) in [6, 6.07) is 5.37. The number of nitrogens with zero attached hydrogens (tertiary/aromatic N) is 3. The quantitative estimate of drug-likeness (QED) is 0.726. The molecule has 2 heterocycles. The summed E-state index contributed by atoms with van der Waals surface area (Å²) >= 11 is 0. The van der Waals surface area contributed by atoms with Gasteiger partial charge in [0.1, 0.15) is 5.82 Å². The van der Waals surface area contributed by atoms with E-state index in [1.807, 2.05) is 0 Å². The number of carbonyl (C=O) groups excluding carboxylic acids is 2. The zero-order valence-corrected chi connectivity index (χ0v) is 15.2. The van der Waals surface area contributed by atoms with Crippen LogP contribution in [-0.2, 0) is 9.63 Å². The van der Waals surface area contributed by atoms with E-state index in [4.69, 9.17) is 4.84 Å². The molecule has 0 saturated heterocycles. The molecule has 0 bridgehead atoms. The summed E-state index contributed by atoms with van der Waals surface area (Å²) in [5, 5.41) is 9.40. The van der Waals surface area contributed by atoms with Crippen molar-refractivity contribution in [1.82, 2.24) is 20.7 Å². The highest BCUT2D eigenvalue weighted by molar-refractivity contribution is 5.91. The zero-order valence-electron chi connectivity index (χ0n) is 15.2. The molecule has 2 atom stereocenters. The molecule has 150 valence electrons. The summed E-state index contributed by atoms with van der Waals surface area (Å²) in [7, 11) is 0. The molecule has 2 N–H and O–H groups in total. The summed E-state index contributed by atoms with van der Waals surface area (Å²) in [4.78, 5) is 31.9. The van der Waals surface area contributed by atoms with Gasteiger partial charge < -0.3 is 5.32 Å². The van der Waals surface area contributed by atoms with Crippen LogP contribution in [0.15, 0.2) is 36.7 Å². The molecule has 0 aliphatic carbocycles. The van der Waals surface area contributed by atoms with Gasteiger partial charge in [0, 0.05) is 25.2 Å². The lowest BCUT2D eigenvalue weighted by Gasteiger charge is -2.36. The number of carbonyl (C=O) groups is 2. The number of hydrogen-bond donors (Lipinski definition) is 2. The highest BCUT2D eigenvalue weighted by Gasteiger charge is 2.57. The number of hydroxylamine groups is 1. The third kappa shape index (κ3) is 4.80. The summed E-state index contributed by atoms with van der Waals surface area (Å²) in [6.45, 7) is 3.35. The minimum Gasteiger partial charge on any atom is -0.311 e. The van der Waals surface area contributed by atoms with Gasteiger partial charge in [0.2, 0.25) is 5.91 Å². The average molecular weight is 397 g/mol. The number of pyridine rings is 1. The van der Waals surface area contributed by atoms with Crippen molar-refractivity contribution < 1.29 is 27.6 Å². The summed E-state index contributed by atoms with van der Waals surface area (Å²) in [5.74, 6) is -2.54. The predicted molar refractivity (Wildman–Crippen MR) is 92.0 cm³/mol. The van der Waals surface area contributed by atoms with Crippen molar-refractivity contribution in [1.29, 1.82) is 0 Å². The number of hydrogen-bond acceptors (Lipinski definition) is 6. The van der Waals surface area contributed by atoms with Gasteiger partial charge in [-0.05, 0) is 36.8 Å². The molecule has 2 amide bonds. The van der Waals surface area contributed by atoms with Crippen LogP contribution in [0.4, 0.5) is 19.0 Å². The molecule has 0 spiro atoms. The van der Waals surface area contributed by atoms with E-state index >= 15 is 0 Å². The second-order valence-electron chi connectivity index (χ2n) is 6.12. The molecule has 2 aromatic heterocycles. The van der Waals surface area contributed by atoms with E-state index in [9.17, 15) is 22.8 Å². The maximum atomic E-state index is 13.8. The Labute approximate surface area is 158 Å². The standard InChI is InChI=1S/C17H18F3N5O3/c1-10(12-6-8-21-14(9-12)23-11(2)26)16(3,17(18,19)20)28-25-15(27)13-5-4-7-22-24-13/h4-10H,1-3H3,(H,25,27)(H,21,23,26). The van der Waals surface area contributed by atoms with Crippen LogP contribution in [0.1, 0.15) is 42.7 Å². The van der Waals surface area contributed by atoms with Gasteiger partial charge in [-0.15, -0.1) is 5.10 Å². The van der Waals surface area contributed by atoms with Gasteiger partial charge in [-0.2, -0.15) is 18.3 Å². The van der Waals surface area contributed by atoms with Gasteiger partial charge in [0.15, 0.2) is 11.3 Å². The van der Waals surface area contributed by atoms with Crippen LogP contribution in [0.5, 0.6) is 0 Å². The fourth-order valence-corrected chi connectivity index (χ4v) is 2.30. The first-order valence-electron chi connectivity index (χ1n) is 8.11. The molecule has 0 radical (unpaired) electrons. The predicted octanol–water partition coefficient (Wildman–Crippen LogP) is 2.62. The Morgan fingerprint density at radius 1 is 1.21 bits per heavy atom. The van der Waals surface area contributed by atoms with E-state index in [-0.39, 0.29) is 17.1 Å². The Hall–Kier alpha value is -3.08. The van der Waals surface area contributed by atoms with Crippen LogP contribution in [0, 0.1) is 0 Å². The summed E-state index contributed by atoms with van der Waals surface area (Å²) in [6.07, 6.45) is -2.25. The van der Waals surface area contributed by atoms with Crippen molar-refractivity contribution in [3.05, 3.63) is 47.9 Å². The zero-order chi connectivity index (χ0) is 20.9. The lowest BCUT2D eigenvalue weighted by atomic mass is 9.84. The van der Waals surface area contributed by atoms with Crippen molar-refractivity contribution in [3.8, 4) is 0 Å². The van der Waals surface area contributed by atoms with E-state index in [0.29, 0.717) is 0 Å². The topological polar surface area (TPSA) is 106 Å². The van der Waals surface area contributed by atoms with E-state index < -0.39 is 29.5 Å². The maximum Gasteiger partial charge on any atom is 0.420 e. The second kappa shape index (κ2) is 8.30. The van der Waals surface area contributed by atoms with Gasteiger partial charge in [0.25, 0.3) is 5.91 Å². The van der Waals surface area contributed by atoms with Crippen LogP contribution in [0.3, 0.4) is 0 Å². The van der Waals surface area contributed by atoms with E-state index in [2.05, 4.69) is 20.5 Å². The highest BCUT2D eigenvalue weighted by atomic mass is 19.4. The van der Waals surface area contributed by atoms with Gasteiger partial charge in [-0.25, -0.2) is 10.5 Å². The fraction of sp³-hybridized carbons (Fsp3) is 0.353. The molecule has 0 saturated carbocycles. The van der Waals surface area contributed by atoms with Gasteiger partial charge >= 0.3 is 6.18 Å². The van der Waals surface area contributed by atoms with Gasteiger partial charge in [-0.3, -0.25) is 14.4 Å². The van der Waals surface area contributed by atoms with Crippen LogP contribution in [-0.4, -0.2) is 38.8 Å². The molecule has 11 heteroatoms. The molecule has 2 aromatic rings. The van der Waals surface area contributed by atoms with Crippen molar-refractivity contribution in [3.63, 3.8) is 0 Å². The number of amides is 2. The number of nitrogens with one attached hydrogen (secondary N) is 2. The molecule has 28 heavy (non-hydrogen) atoms. The Balaban J connectivity index is 2.26. The summed E-state index contributed by atoms with van der Waals surface area (Å²) < 4.78 is 41.4. The third-order valence-corrected chi connectivity index (χ3v) is 4.14. The Kier molecular flexibility index (Phi) is 6.29. The smallest absolute Gasteiger partial charge is 0.311 e. The Bertz CT molecular complexity index is 847. The van der Waals surface area contributed by atoms with Crippen molar-refractivity contribution in [2.45, 2.75) is 38.5 Å². The molecule has 0 fully saturated rings. The first-order chi connectivity index (χ1) is 13.0. The SMILES string of the molecule is CC(=O)Nc1cc(C(C)C(C)(ONC(=O)c2cccnn2)C(F)(F)F)ccn1. The first kappa shape index (κ1) is 21.2. The van der Waals surface area contributed by atoms with Crippen LogP contribution >= 0.6 is 0 Å². The first-order valence-corrected chi connectivity index (χ1v) is 8.11. The van der Waals surface area contributed by atoms with Crippen LogP contribution in [0.25, 0.3) is 0 Å². The normalized spacial score (nSPS) is 14.6. The number of alkyl halides is 3. The Morgan fingerprint density at radius 3 is 2.50 bits per heavy atom. The second-order valence-corrected chi connectivity index (χ2v) is 6.12. The molecule has 8 nitrogen and oxygen atoms in total. The maximum absolute atomic E-state index is 13.8.